The topological polar surface area (TPSA) is 125 Å². The van der Waals surface area contributed by atoms with Gasteiger partial charge in [-0.1, -0.05) is 6.92 Å². The first-order valence-electron chi connectivity index (χ1n) is 5.54. The normalized spacial score (nSPS) is 10.5. The molecule has 0 aromatic carbocycles. The maximum Gasteiger partial charge on any atom is 0.322 e. The molecule has 2 heterocycles. The second-order valence-corrected chi connectivity index (χ2v) is 4.32. The molecule has 0 spiro atoms. The second-order valence-electron chi connectivity index (χ2n) is 3.41. The minimum Gasteiger partial charge on any atom is -0.463 e. The van der Waals surface area contributed by atoms with Crippen molar-refractivity contribution in [1.82, 2.24) is 25.1 Å². The van der Waals surface area contributed by atoms with Gasteiger partial charge in [0.15, 0.2) is 0 Å². The van der Waals surface area contributed by atoms with E-state index in [-0.39, 0.29) is 12.0 Å². The Morgan fingerprint density at radius 2 is 2.16 bits per heavy atom. The molecule has 2 aromatic rings. The zero-order valence-corrected chi connectivity index (χ0v) is 11.3. The van der Waals surface area contributed by atoms with Crippen molar-refractivity contribution >= 4 is 17.7 Å². The summed E-state index contributed by atoms with van der Waals surface area (Å²) in [5, 5.41) is 8.26. The van der Waals surface area contributed by atoms with E-state index in [9.17, 15) is 0 Å². The van der Waals surface area contributed by atoms with Gasteiger partial charge in [0.05, 0.1) is 6.61 Å². The summed E-state index contributed by atoms with van der Waals surface area (Å²) >= 11 is 1.11. The average Bonchev–Trinajstić information content (AvgIpc) is 2.81. The van der Waals surface area contributed by atoms with Crippen LogP contribution in [0.2, 0.25) is 0 Å². The number of hydrazine groups is 1. The summed E-state index contributed by atoms with van der Waals surface area (Å²) in [6, 6.07) is 0.198. The Morgan fingerprint density at radius 1 is 1.32 bits per heavy atom. The molecule has 19 heavy (non-hydrogen) atoms. The highest BCUT2D eigenvalue weighted by molar-refractivity contribution is 7.98. The van der Waals surface area contributed by atoms with E-state index in [1.165, 1.54) is 0 Å². The average molecular weight is 283 g/mol. The largest absolute Gasteiger partial charge is 0.463 e. The van der Waals surface area contributed by atoms with E-state index >= 15 is 0 Å². The molecule has 2 rings (SSSR count). The van der Waals surface area contributed by atoms with Crippen LogP contribution < -0.4 is 16.0 Å². The quantitative estimate of drug-likeness (QED) is 0.580. The van der Waals surface area contributed by atoms with Crippen molar-refractivity contribution < 1.29 is 9.15 Å². The smallest absolute Gasteiger partial charge is 0.322 e. The van der Waals surface area contributed by atoms with Crippen molar-refractivity contribution in [2.45, 2.75) is 30.6 Å². The van der Waals surface area contributed by atoms with Crippen molar-refractivity contribution in [3.8, 4) is 6.01 Å². The Kier molecular flexibility index (Phi) is 4.47. The van der Waals surface area contributed by atoms with Crippen LogP contribution in [0.3, 0.4) is 0 Å². The van der Waals surface area contributed by atoms with Crippen LogP contribution >= 0.6 is 11.8 Å². The molecule has 0 saturated heterocycles. The standard InChI is InChI=1S/C9H13N7O2S/c1-3-4-17-7-11-6(14-10)12-8(13-7)19-9-16-15-5(2)18-9/h3-4,10H2,1-2H3,(H,11,12,13,14). The third kappa shape index (κ3) is 3.76. The zero-order chi connectivity index (χ0) is 13.7. The second kappa shape index (κ2) is 6.29. The molecular formula is C9H13N7O2S. The molecule has 0 atom stereocenters. The number of nitrogens with two attached hydrogens (primary N) is 1. The first kappa shape index (κ1) is 13.5. The maximum absolute atomic E-state index is 5.34. The number of rotatable bonds is 6. The minimum atomic E-state index is 0.198. The van der Waals surface area contributed by atoms with Crippen LogP contribution in [-0.4, -0.2) is 31.8 Å². The van der Waals surface area contributed by atoms with Crippen molar-refractivity contribution in [3.05, 3.63) is 5.89 Å². The van der Waals surface area contributed by atoms with Gasteiger partial charge < -0.3 is 9.15 Å². The lowest BCUT2D eigenvalue weighted by Crippen LogP contribution is -2.13. The number of ether oxygens (including phenoxy) is 1. The van der Waals surface area contributed by atoms with E-state index in [0.717, 1.165) is 18.2 Å². The molecule has 0 saturated carbocycles. The van der Waals surface area contributed by atoms with Gasteiger partial charge in [0.25, 0.3) is 5.22 Å². The van der Waals surface area contributed by atoms with Crippen LogP contribution in [0.25, 0.3) is 0 Å². The summed E-state index contributed by atoms with van der Waals surface area (Å²) in [5.74, 6) is 5.97. The fourth-order valence-corrected chi connectivity index (χ4v) is 1.76. The molecule has 0 radical (unpaired) electrons. The number of hydrogen-bond acceptors (Lipinski definition) is 10. The number of aromatic nitrogens is 5. The molecule has 0 aliphatic carbocycles. The van der Waals surface area contributed by atoms with Gasteiger partial charge in [-0.2, -0.15) is 15.0 Å². The van der Waals surface area contributed by atoms with Crippen molar-refractivity contribution in [3.63, 3.8) is 0 Å². The lowest BCUT2D eigenvalue weighted by Gasteiger charge is -2.05. The molecule has 10 heteroatoms. The molecule has 0 fully saturated rings. The van der Waals surface area contributed by atoms with Gasteiger partial charge in [-0.15, -0.1) is 10.2 Å². The molecule has 0 bridgehead atoms. The Hall–Kier alpha value is -1.94. The Balaban J connectivity index is 2.18. The van der Waals surface area contributed by atoms with Crippen LogP contribution in [-0.2, 0) is 0 Å². The molecule has 0 aliphatic rings. The van der Waals surface area contributed by atoms with Crippen LogP contribution in [0.15, 0.2) is 14.8 Å². The summed E-state index contributed by atoms with van der Waals surface area (Å²) in [6.45, 7) is 4.20. The fourth-order valence-electron chi connectivity index (χ4n) is 1.10. The highest BCUT2D eigenvalue weighted by Crippen LogP contribution is 2.24. The first-order valence-corrected chi connectivity index (χ1v) is 6.36. The van der Waals surface area contributed by atoms with E-state index < -0.39 is 0 Å². The monoisotopic (exact) mass is 283 g/mol. The maximum atomic E-state index is 5.34. The van der Waals surface area contributed by atoms with Gasteiger partial charge in [0.1, 0.15) is 0 Å². The highest BCUT2D eigenvalue weighted by Gasteiger charge is 2.12. The van der Waals surface area contributed by atoms with Gasteiger partial charge >= 0.3 is 6.01 Å². The predicted molar refractivity (Wildman–Crippen MR) is 66.6 cm³/mol. The van der Waals surface area contributed by atoms with Gasteiger partial charge in [-0.25, -0.2) is 5.84 Å². The number of hydrogen-bond donors (Lipinski definition) is 2. The van der Waals surface area contributed by atoms with Crippen LogP contribution in [0.4, 0.5) is 5.95 Å². The fraction of sp³-hybridized carbons (Fsp3) is 0.444. The molecule has 3 N–H and O–H groups in total. The molecule has 0 aliphatic heterocycles. The molecule has 9 nitrogen and oxygen atoms in total. The third-order valence-corrected chi connectivity index (χ3v) is 2.55. The SMILES string of the molecule is CCCOc1nc(NN)nc(Sc2nnc(C)o2)n1. The Morgan fingerprint density at radius 3 is 2.79 bits per heavy atom. The van der Waals surface area contributed by atoms with Crippen molar-refractivity contribution in [2.24, 2.45) is 5.84 Å². The minimum absolute atomic E-state index is 0.198. The summed E-state index contributed by atoms with van der Waals surface area (Å²) in [4.78, 5) is 12.2. The van der Waals surface area contributed by atoms with Gasteiger partial charge in [0, 0.05) is 18.7 Å². The molecule has 102 valence electrons. The number of nitrogen functional groups attached to an aromatic ring is 1. The highest BCUT2D eigenvalue weighted by atomic mass is 32.2. The Bertz CT molecular complexity index is 547. The van der Waals surface area contributed by atoms with Gasteiger partial charge in [0.2, 0.25) is 17.0 Å². The molecule has 0 amide bonds. The zero-order valence-electron chi connectivity index (χ0n) is 10.5. The summed E-state index contributed by atoms with van der Waals surface area (Å²) in [6.07, 6.45) is 0.850. The third-order valence-electron chi connectivity index (χ3n) is 1.84. The van der Waals surface area contributed by atoms with Crippen LogP contribution in [0.1, 0.15) is 19.2 Å². The number of nitrogens with one attached hydrogen (secondary N) is 1. The molecule has 2 aromatic heterocycles. The van der Waals surface area contributed by atoms with E-state index in [1.54, 1.807) is 6.92 Å². The summed E-state index contributed by atoms with van der Waals surface area (Å²) < 4.78 is 10.6. The van der Waals surface area contributed by atoms with Gasteiger partial charge in [-0.3, -0.25) is 5.43 Å². The number of nitrogens with zero attached hydrogens (tertiary/aromatic N) is 5. The lowest BCUT2D eigenvalue weighted by molar-refractivity contribution is 0.288. The van der Waals surface area contributed by atoms with Crippen molar-refractivity contribution in [1.29, 1.82) is 0 Å². The van der Waals surface area contributed by atoms with E-state index in [1.807, 2.05) is 6.92 Å². The Labute approximate surface area is 113 Å². The molecular weight excluding hydrogens is 270 g/mol. The predicted octanol–water partition coefficient (Wildman–Crippen LogP) is 0.789. The summed E-state index contributed by atoms with van der Waals surface area (Å²) in [5.41, 5.74) is 2.35. The van der Waals surface area contributed by atoms with Crippen LogP contribution in [0.5, 0.6) is 6.01 Å². The lowest BCUT2D eigenvalue weighted by atomic mass is 10.5. The number of anilines is 1. The van der Waals surface area contributed by atoms with Crippen molar-refractivity contribution in [2.75, 3.05) is 12.0 Å². The van der Waals surface area contributed by atoms with Gasteiger partial charge in [-0.05, 0) is 6.42 Å². The molecule has 0 unspecified atom stereocenters. The van der Waals surface area contributed by atoms with E-state index in [2.05, 4.69) is 30.6 Å². The van der Waals surface area contributed by atoms with E-state index in [0.29, 0.717) is 22.9 Å². The van der Waals surface area contributed by atoms with Crippen LogP contribution in [0, 0.1) is 6.92 Å². The number of aryl methyl sites for hydroxylation is 1. The first-order chi connectivity index (χ1) is 9.21. The van der Waals surface area contributed by atoms with E-state index in [4.69, 9.17) is 15.0 Å². The summed E-state index contributed by atoms with van der Waals surface area (Å²) in [7, 11) is 0.